The Labute approximate surface area is 163 Å². The molecule has 2 aromatic rings. The Hall–Kier alpha value is -2.53. The van der Waals surface area contributed by atoms with Crippen molar-refractivity contribution in [3.8, 4) is 0 Å². The lowest BCUT2D eigenvalue weighted by atomic mass is 10.0. The number of hydrogen-bond donors (Lipinski definition) is 2. The first-order valence-corrected chi connectivity index (χ1v) is 9.59. The van der Waals surface area contributed by atoms with Crippen LogP contribution in [0, 0.1) is 12.8 Å². The lowest BCUT2D eigenvalue weighted by Gasteiger charge is -2.32. The smallest absolute Gasteiger partial charge is 0.322 e. The molecule has 1 aliphatic carbocycles. The predicted octanol–water partition coefficient (Wildman–Crippen LogP) is 4.07. The summed E-state index contributed by atoms with van der Waals surface area (Å²) < 4.78 is 0. The molecule has 3 amide bonds. The van der Waals surface area contributed by atoms with Gasteiger partial charge in [0.1, 0.15) is 0 Å². The molecule has 0 unspecified atom stereocenters. The van der Waals surface area contributed by atoms with E-state index in [0.717, 1.165) is 24.1 Å². The topological polar surface area (TPSA) is 61.4 Å². The van der Waals surface area contributed by atoms with Crippen LogP contribution in [0.25, 0.3) is 0 Å². The molecule has 4 rings (SSSR count). The molecular weight excluding hydrogens is 362 g/mol. The van der Waals surface area contributed by atoms with Crippen LogP contribution in [0.2, 0.25) is 5.02 Å². The third-order valence-electron chi connectivity index (χ3n) is 5.59. The van der Waals surface area contributed by atoms with Crippen molar-refractivity contribution in [2.75, 3.05) is 11.9 Å². The first-order chi connectivity index (χ1) is 13.0. The number of benzene rings is 2. The van der Waals surface area contributed by atoms with Crippen molar-refractivity contribution in [1.29, 1.82) is 0 Å². The number of carbonyl (C=O) groups excluding carboxylic acids is 2. The molecule has 27 heavy (non-hydrogen) atoms. The summed E-state index contributed by atoms with van der Waals surface area (Å²) in [6.07, 6.45) is 1.74. The summed E-state index contributed by atoms with van der Waals surface area (Å²) in [5.41, 5.74) is 2.39. The maximum absolute atomic E-state index is 12.7. The van der Waals surface area contributed by atoms with Crippen molar-refractivity contribution >= 4 is 29.2 Å². The fourth-order valence-electron chi connectivity index (χ4n) is 4.17. The lowest BCUT2D eigenvalue weighted by Crippen LogP contribution is -2.48. The first-order valence-electron chi connectivity index (χ1n) is 9.21. The van der Waals surface area contributed by atoms with Crippen molar-refractivity contribution < 1.29 is 9.59 Å². The summed E-state index contributed by atoms with van der Waals surface area (Å²) in [6.45, 7) is 2.59. The van der Waals surface area contributed by atoms with Gasteiger partial charge in [0, 0.05) is 34.9 Å². The monoisotopic (exact) mass is 383 g/mol. The maximum atomic E-state index is 12.7. The van der Waals surface area contributed by atoms with Crippen LogP contribution in [-0.4, -0.2) is 35.5 Å². The van der Waals surface area contributed by atoms with Crippen molar-refractivity contribution in [3.63, 3.8) is 0 Å². The summed E-state index contributed by atoms with van der Waals surface area (Å²) in [6, 6.07) is 14.9. The number of aryl methyl sites for hydroxylation is 1. The molecule has 1 saturated heterocycles. The Morgan fingerprint density at radius 3 is 2.56 bits per heavy atom. The maximum Gasteiger partial charge on any atom is 0.322 e. The molecule has 1 saturated carbocycles. The van der Waals surface area contributed by atoms with Gasteiger partial charge in [0.2, 0.25) is 0 Å². The van der Waals surface area contributed by atoms with E-state index in [9.17, 15) is 9.59 Å². The van der Waals surface area contributed by atoms with E-state index in [-0.39, 0.29) is 24.0 Å². The number of carbonyl (C=O) groups is 2. The van der Waals surface area contributed by atoms with E-state index in [1.807, 2.05) is 54.3 Å². The number of nitrogens with one attached hydrogen (secondary N) is 2. The fraction of sp³-hybridized carbons (Fsp3) is 0.333. The number of fused-ring (bicyclic) bond motifs is 2. The van der Waals surface area contributed by atoms with Crippen molar-refractivity contribution in [3.05, 3.63) is 64.7 Å². The first kappa shape index (κ1) is 17.9. The molecule has 2 N–H and O–H groups in total. The highest BCUT2D eigenvalue weighted by molar-refractivity contribution is 6.30. The molecular formula is C21H22ClN3O2. The molecule has 3 atom stereocenters. The van der Waals surface area contributed by atoms with E-state index >= 15 is 0 Å². The Morgan fingerprint density at radius 2 is 1.89 bits per heavy atom. The molecule has 2 bridgehead atoms. The molecule has 0 radical (unpaired) electrons. The van der Waals surface area contributed by atoms with Crippen LogP contribution in [0.4, 0.5) is 10.5 Å². The molecule has 2 aromatic carbocycles. The Morgan fingerprint density at radius 1 is 1.11 bits per heavy atom. The number of likely N-dealkylation sites (tertiary alicyclic amines) is 1. The van der Waals surface area contributed by atoms with Gasteiger partial charge in [0.05, 0.1) is 0 Å². The lowest BCUT2D eigenvalue weighted by molar-refractivity contribution is 0.0915. The normalized spacial score (nSPS) is 23.3. The van der Waals surface area contributed by atoms with Crippen molar-refractivity contribution in [1.82, 2.24) is 10.2 Å². The van der Waals surface area contributed by atoms with E-state index in [2.05, 4.69) is 10.6 Å². The van der Waals surface area contributed by atoms with Crippen LogP contribution in [0.15, 0.2) is 48.5 Å². The van der Waals surface area contributed by atoms with Gasteiger partial charge < -0.3 is 15.5 Å². The largest absolute Gasteiger partial charge is 0.349 e. The number of halogens is 1. The van der Waals surface area contributed by atoms with Gasteiger partial charge in [-0.25, -0.2) is 4.79 Å². The molecule has 0 aromatic heterocycles. The van der Waals surface area contributed by atoms with Gasteiger partial charge in [-0.3, -0.25) is 4.79 Å². The van der Waals surface area contributed by atoms with Crippen molar-refractivity contribution in [2.45, 2.75) is 31.8 Å². The highest BCUT2D eigenvalue weighted by Crippen LogP contribution is 2.38. The number of amides is 3. The second-order valence-electron chi connectivity index (χ2n) is 7.37. The number of nitrogens with zero attached hydrogens (tertiary/aromatic N) is 1. The minimum Gasteiger partial charge on any atom is -0.349 e. The van der Waals surface area contributed by atoms with E-state index in [0.29, 0.717) is 23.0 Å². The number of rotatable bonds is 3. The van der Waals surface area contributed by atoms with Gasteiger partial charge in [-0.15, -0.1) is 0 Å². The van der Waals surface area contributed by atoms with Crippen LogP contribution < -0.4 is 10.6 Å². The standard InChI is InChI=1S/C21H22ClN3O2/c1-13-9-16(22)7-8-18(13)24-21(27)25-12-15-10-17(25)11-19(15)23-20(26)14-5-3-2-4-6-14/h2-9,15,17,19H,10-12H2,1H3,(H,23,26)(H,24,27)/t15-,17-,19-/m0/s1. The fourth-order valence-corrected chi connectivity index (χ4v) is 4.40. The van der Waals surface area contributed by atoms with Gasteiger partial charge in [-0.05, 0) is 61.6 Å². The van der Waals surface area contributed by atoms with Gasteiger partial charge in [0.15, 0.2) is 0 Å². The van der Waals surface area contributed by atoms with Gasteiger partial charge in [0.25, 0.3) is 5.91 Å². The summed E-state index contributed by atoms with van der Waals surface area (Å²) in [5, 5.41) is 6.78. The van der Waals surface area contributed by atoms with E-state index in [4.69, 9.17) is 11.6 Å². The van der Waals surface area contributed by atoms with E-state index in [1.165, 1.54) is 0 Å². The highest BCUT2D eigenvalue weighted by Gasteiger charge is 2.47. The van der Waals surface area contributed by atoms with Crippen molar-refractivity contribution in [2.24, 2.45) is 5.92 Å². The van der Waals surface area contributed by atoms with E-state index in [1.54, 1.807) is 6.07 Å². The van der Waals surface area contributed by atoms with Crippen LogP contribution in [0.3, 0.4) is 0 Å². The van der Waals surface area contributed by atoms with Crippen LogP contribution in [0.5, 0.6) is 0 Å². The molecule has 1 heterocycles. The Kier molecular flexibility index (Phi) is 4.79. The zero-order chi connectivity index (χ0) is 19.0. The average molecular weight is 384 g/mol. The highest BCUT2D eigenvalue weighted by atomic mass is 35.5. The van der Waals surface area contributed by atoms with Gasteiger partial charge in [-0.2, -0.15) is 0 Å². The second kappa shape index (κ2) is 7.24. The second-order valence-corrected chi connectivity index (χ2v) is 7.81. The van der Waals surface area contributed by atoms with Gasteiger partial charge >= 0.3 is 6.03 Å². The number of hydrogen-bond acceptors (Lipinski definition) is 2. The summed E-state index contributed by atoms with van der Waals surface area (Å²) in [7, 11) is 0. The Balaban J connectivity index is 1.35. The predicted molar refractivity (Wildman–Crippen MR) is 106 cm³/mol. The molecule has 0 spiro atoms. The molecule has 6 heteroatoms. The van der Waals surface area contributed by atoms with E-state index < -0.39 is 0 Å². The number of anilines is 1. The number of urea groups is 1. The molecule has 5 nitrogen and oxygen atoms in total. The molecule has 1 aliphatic heterocycles. The van der Waals surface area contributed by atoms with Gasteiger partial charge in [-0.1, -0.05) is 29.8 Å². The minimum absolute atomic E-state index is 0.0408. The average Bonchev–Trinajstić information content (AvgIpc) is 3.25. The minimum atomic E-state index is -0.0826. The zero-order valence-electron chi connectivity index (χ0n) is 15.1. The quantitative estimate of drug-likeness (QED) is 0.839. The van der Waals surface area contributed by atoms with Crippen LogP contribution in [-0.2, 0) is 0 Å². The van der Waals surface area contributed by atoms with Crippen LogP contribution in [0.1, 0.15) is 28.8 Å². The molecule has 140 valence electrons. The summed E-state index contributed by atoms with van der Waals surface area (Å²) in [5.74, 6) is 0.265. The number of piperidine rings is 1. The molecule has 2 aliphatic rings. The zero-order valence-corrected chi connectivity index (χ0v) is 15.9. The summed E-state index contributed by atoms with van der Waals surface area (Å²) in [4.78, 5) is 27.0. The molecule has 2 fully saturated rings. The third kappa shape index (κ3) is 3.65. The Bertz CT molecular complexity index is 871. The SMILES string of the molecule is Cc1cc(Cl)ccc1NC(=O)N1C[C@@H]2C[C@H]1C[C@@H]2NC(=O)c1ccccc1. The van der Waals surface area contributed by atoms with Crippen LogP contribution >= 0.6 is 11.6 Å². The third-order valence-corrected chi connectivity index (χ3v) is 5.82. The summed E-state index contributed by atoms with van der Waals surface area (Å²) >= 11 is 5.98.